The van der Waals surface area contributed by atoms with Crippen molar-refractivity contribution in [2.24, 2.45) is 0 Å². The van der Waals surface area contributed by atoms with Crippen molar-refractivity contribution >= 4 is 5.91 Å². The maximum absolute atomic E-state index is 11.7. The van der Waals surface area contributed by atoms with Crippen LogP contribution in [0.2, 0.25) is 0 Å². The lowest BCUT2D eigenvalue weighted by atomic mass is 10.2. The summed E-state index contributed by atoms with van der Waals surface area (Å²) in [6.45, 7) is 0.554. The van der Waals surface area contributed by atoms with Gasteiger partial charge in [0.15, 0.2) is 0 Å². The molecular formula is C15H16N2O3. The molecule has 0 fully saturated rings. The van der Waals surface area contributed by atoms with Crippen LogP contribution in [0.25, 0.3) is 0 Å². The summed E-state index contributed by atoms with van der Waals surface area (Å²) in [6, 6.07) is 10.7. The van der Waals surface area contributed by atoms with Crippen LogP contribution in [-0.4, -0.2) is 29.1 Å². The summed E-state index contributed by atoms with van der Waals surface area (Å²) in [5, 5.41) is 11.3. The van der Waals surface area contributed by atoms with Crippen molar-refractivity contribution in [1.82, 2.24) is 10.3 Å². The first-order valence-electron chi connectivity index (χ1n) is 6.30. The summed E-state index contributed by atoms with van der Waals surface area (Å²) in [5.41, 5.74) is 1.46. The molecule has 0 unspecified atom stereocenters. The number of pyridine rings is 1. The summed E-state index contributed by atoms with van der Waals surface area (Å²) >= 11 is 0. The van der Waals surface area contributed by atoms with Crippen molar-refractivity contribution in [2.75, 3.05) is 13.2 Å². The van der Waals surface area contributed by atoms with Gasteiger partial charge in [0.25, 0.3) is 5.91 Å². The van der Waals surface area contributed by atoms with Gasteiger partial charge in [-0.15, -0.1) is 0 Å². The lowest BCUT2D eigenvalue weighted by Gasteiger charge is -2.08. The van der Waals surface area contributed by atoms with Crippen molar-refractivity contribution in [3.63, 3.8) is 0 Å². The van der Waals surface area contributed by atoms with E-state index in [0.29, 0.717) is 17.9 Å². The molecule has 20 heavy (non-hydrogen) atoms. The van der Waals surface area contributed by atoms with Gasteiger partial charge in [-0.1, -0.05) is 12.1 Å². The molecule has 0 aliphatic carbocycles. The van der Waals surface area contributed by atoms with Gasteiger partial charge in [-0.2, -0.15) is 0 Å². The number of nitrogens with one attached hydrogen (secondary N) is 1. The Hall–Kier alpha value is -2.40. The number of hydrogen-bond donors (Lipinski definition) is 2. The van der Waals surface area contributed by atoms with Crippen molar-refractivity contribution < 1.29 is 14.6 Å². The van der Waals surface area contributed by atoms with Crippen LogP contribution >= 0.6 is 0 Å². The Morgan fingerprint density at radius 1 is 1.30 bits per heavy atom. The zero-order chi connectivity index (χ0) is 14.2. The maximum atomic E-state index is 11.7. The lowest BCUT2D eigenvalue weighted by Crippen LogP contribution is -2.26. The van der Waals surface area contributed by atoms with Crippen LogP contribution in [0, 0.1) is 0 Å². The van der Waals surface area contributed by atoms with E-state index < -0.39 is 0 Å². The third-order valence-electron chi connectivity index (χ3n) is 2.62. The number of rotatable bonds is 6. The Bertz CT molecular complexity index is 558. The second-order valence-electron chi connectivity index (χ2n) is 4.16. The van der Waals surface area contributed by atoms with Crippen LogP contribution in [0.3, 0.4) is 0 Å². The van der Waals surface area contributed by atoms with E-state index in [1.54, 1.807) is 36.7 Å². The smallest absolute Gasteiger partial charge is 0.251 e. The van der Waals surface area contributed by atoms with Crippen molar-refractivity contribution in [3.05, 3.63) is 59.9 Å². The molecule has 0 atom stereocenters. The number of benzene rings is 1. The fourth-order valence-corrected chi connectivity index (χ4v) is 1.65. The summed E-state index contributed by atoms with van der Waals surface area (Å²) in [5.74, 6) is 0.386. The first kappa shape index (κ1) is 14.0. The number of aromatic nitrogens is 1. The normalized spacial score (nSPS) is 10.1. The molecule has 0 saturated heterocycles. The van der Waals surface area contributed by atoms with Crippen molar-refractivity contribution in [3.8, 4) is 5.75 Å². The first-order valence-corrected chi connectivity index (χ1v) is 6.30. The molecular weight excluding hydrogens is 256 g/mol. The van der Waals surface area contributed by atoms with Crippen molar-refractivity contribution in [2.45, 2.75) is 6.61 Å². The molecule has 0 aliphatic heterocycles. The molecule has 2 aromatic rings. The van der Waals surface area contributed by atoms with Crippen LogP contribution in [0.5, 0.6) is 5.75 Å². The van der Waals surface area contributed by atoms with Gasteiger partial charge < -0.3 is 15.2 Å². The van der Waals surface area contributed by atoms with Crippen LogP contribution in [0.15, 0.2) is 48.8 Å². The van der Waals surface area contributed by atoms with Crippen LogP contribution in [0.1, 0.15) is 15.9 Å². The number of aliphatic hydroxyl groups excluding tert-OH is 1. The molecule has 0 spiro atoms. The average molecular weight is 272 g/mol. The number of nitrogens with zero attached hydrogens (tertiary/aromatic N) is 1. The van der Waals surface area contributed by atoms with Crippen molar-refractivity contribution in [1.29, 1.82) is 0 Å². The summed E-state index contributed by atoms with van der Waals surface area (Å²) < 4.78 is 5.62. The van der Waals surface area contributed by atoms with Gasteiger partial charge in [0, 0.05) is 30.1 Å². The molecule has 1 aromatic heterocycles. The molecule has 5 nitrogen and oxygen atoms in total. The van der Waals surface area contributed by atoms with Gasteiger partial charge >= 0.3 is 0 Å². The van der Waals surface area contributed by atoms with E-state index >= 15 is 0 Å². The fraction of sp³-hybridized carbons (Fsp3) is 0.200. The Morgan fingerprint density at radius 2 is 2.20 bits per heavy atom. The van der Waals surface area contributed by atoms with Gasteiger partial charge in [-0.25, -0.2) is 0 Å². The Morgan fingerprint density at radius 3 is 2.95 bits per heavy atom. The van der Waals surface area contributed by atoms with Gasteiger partial charge in [0.05, 0.1) is 6.61 Å². The molecule has 0 bridgehead atoms. The zero-order valence-corrected chi connectivity index (χ0v) is 11.0. The molecule has 1 aromatic carbocycles. The van der Waals surface area contributed by atoms with Gasteiger partial charge in [-0.05, 0) is 24.3 Å². The number of hydrogen-bond acceptors (Lipinski definition) is 4. The van der Waals surface area contributed by atoms with E-state index in [0.717, 1.165) is 5.56 Å². The predicted octanol–water partition coefficient (Wildman–Crippen LogP) is 1.38. The molecule has 0 radical (unpaired) electrons. The monoisotopic (exact) mass is 272 g/mol. The lowest BCUT2D eigenvalue weighted by molar-refractivity contribution is 0.0944. The van der Waals surface area contributed by atoms with Crippen LogP contribution in [-0.2, 0) is 6.61 Å². The Balaban J connectivity index is 1.97. The first-order chi connectivity index (χ1) is 9.79. The minimum Gasteiger partial charge on any atom is -0.489 e. The van der Waals surface area contributed by atoms with E-state index in [-0.39, 0.29) is 19.1 Å². The average Bonchev–Trinajstić information content (AvgIpc) is 2.52. The van der Waals surface area contributed by atoms with Crippen LogP contribution in [0.4, 0.5) is 0 Å². The number of aliphatic hydroxyl groups is 1. The standard InChI is InChI=1S/C15H16N2O3/c18-8-7-17-15(19)13-4-1-5-14(9-13)20-11-12-3-2-6-16-10-12/h1-6,9-10,18H,7-8,11H2,(H,17,19). The Kier molecular flexibility index (Phi) is 5.08. The summed E-state index contributed by atoms with van der Waals surface area (Å²) in [6.07, 6.45) is 3.44. The second-order valence-corrected chi connectivity index (χ2v) is 4.16. The molecule has 0 saturated carbocycles. The van der Waals surface area contributed by atoms with Gasteiger partial charge in [0.1, 0.15) is 12.4 Å². The number of amides is 1. The van der Waals surface area contributed by atoms with Gasteiger partial charge in [0.2, 0.25) is 0 Å². The van der Waals surface area contributed by atoms with E-state index in [9.17, 15) is 4.79 Å². The molecule has 1 amide bonds. The Labute approximate surface area is 117 Å². The molecule has 1 heterocycles. The van der Waals surface area contributed by atoms with Gasteiger partial charge in [-0.3, -0.25) is 9.78 Å². The summed E-state index contributed by atoms with van der Waals surface area (Å²) in [7, 11) is 0. The third-order valence-corrected chi connectivity index (χ3v) is 2.62. The largest absolute Gasteiger partial charge is 0.489 e. The topological polar surface area (TPSA) is 71.5 Å². The highest BCUT2D eigenvalue weighted by molar-refractivity contribution is 5.94. The number of carbonyl (C=O) groups is 1. The van der Waals surface area contributed by atoms with Crippen LogP contribution < -0.4 is 10.1 Å². The number of ether oxygens (including phenoxy) is 1. The zero-order valence-electron chi connectivity index (χ0n) is 11.0. The molecule has 5 heteroatoms. The van der Waals surface area contributed by atoms with E-state index in [2.05, 4.69) is 10.3 Å². The SMILES string of the molecule is O=C(NCCO)c1cccc(OCc2cccnc2)c1. The summed E-state index contributed by atoms with van der Waals surface area (Å²) in [4.78, 5) is 15.8. The predicted molar refractivity (Wildman–Crippen MR) is 74.4 cm³/mol. The maximum Gasteiger partial charge on any atom is 0.251 e. The minimum absolute atomic E-state index is 0.0804. The molecule has 2 rings (SSSR count). The quantitative estimate of drug-likeness (QED) is 0.833. The number of carbonyl (C=O) groups excluding carboxylic acids is 1. The van der Waals surface area contributed by atoms with E-state index in [4.69, 9.17) is 9.84 Å². The second kappa shape index (κ2) is 7.25. The molecule has 2 N–H and O–H groups in total. The molecule has 104 valence electrons. The van der Waals surface area contributed by atoms with E-state index in [1.807, 2.05) is 12.1 Å². The highest BCUT2D eigenvalue weighted by Crippen LogP contribution is 2.15. The minimum atomic E-state index is -0.231. The third kappa shape index (κ3) is 4.07. The molecule has 0 aliphatic rings. The fourth-order valence-electron chi connectivity index (χ4n) is 1.65. The van der Waals surface area contributed by atoms with E-state index in [1.165, 1.54) is 0 Å². The highest BCUT2D eigenvalue weighted by Gasteiger charge is 2.06. The highest BCUT2D eigenvalue weighted by atomic mass is 16.5.